The molecule has 2 aromatic rings. The van der Waals surface area contributed by atoms with Crippen molar-refractivity contribution in [2.75, 3.05) is 45.4 Å². The van der Waals surface area contributed by atoms with Crippen LogP contribution in [-0.2, 0) is 31.3 Å². The van der Waals surface area contributed by atoms with Gasteiger partial charge >= 0.3 is 0 Å². The fourth-order valence-corrected chi connectivity index (χ4v) is 9.17. The zero-order valence-electron chi connectivity index (χ0n) is 25.8. The monoisotopic (exact) mass is 642 g/mol. The van der Waals surface area contributed by atoms with Crippen LogP contribution in [0, 0.1) is 17.8 Å². The molecule has 0 saturated heterocycles. The fourth-order valence-electron chi connectivity index (χ4n) is 7.72. The summed E-state index contributed by atoms with van der Waals surface area (Å²) in [6, 6.07) is 11.5. The Hall–Kier alpha value is -2.59. The molecule has 1 fully saturated rings. The van der Waals surface area contributed by atoms with E-state index in [1.54, 1.807) is 33.3 Å². The van der Waals surface area contributed by atoms with Crippen molar-refractivity contribution in [2.24, 2.45) is 17.8 Å². The van der Waals surface area contributed by atoms with E-state index in [0.717, 1.165) is 55.9 Å². The van der Waals surface area contributed by atoms with Crippen LogP contribution in [0.5, 0.6) is 5.75 Å². The Morgan fingerprint density at radius 1 is 1.16 bits per heavy atom. The number of ether oxygens (including phenoxy) is 3. The average molecular weight is 643 g/mol. The number of hydrogen-bond donors (Lipinski definition) is 1. The van der Waals surface area contributed by atoms with Crippen molar-refractivity contribution in [3.63, 3.8) is 0 Å². The SMILES string of the molecule is COC[C@H]1C/C=C/[C@H](OC)[C@@H]2CC[C@H]2CN2C[C@@]3(CCCc4cc(Cl)ccc43)COc3ccc(cc32)C(=O)NS(=O)(=O)[C@@H]1C. The molecule has 0 unspecified atom stereocenters. The molecule has 0 radical (unpaired) electrons. The van der Waals surface area contributed by atoms with Crippen molar-refractivity contribution in [1.29, 1.82) is 0 Å². The van der Waals surface area contributed by atoms with Gasteiger partial charge in [-0.25, -0.2) is 13.1 Å². The van der Waals surface area contributed by atoms with Crippen molar-refractivity contribution in [1.82, 2.24) is 4.72 Å². The summed E-state index contributed by atoms with van der Waals surface area (Å²) in [5, 5.41) is -0.102. The van der Waals surface area contributed by atoms with E-state index in [1.165, 1.54) is 11.1 Å². The molecular formula is C34H43ClN2O6S. The van der Waals surface area contributed by atoms with E-state index in [1.807, 2.05) is 18.2 Å². The Kier molecular flexibility index (Phi) is 9.03. The number of rotatable bonds is 3. The van der Waals surface area contributed by atoms with Crippen LogP contribution in [0.1, 0.15) is 60.5 Å². The van der Waals surface area contributed by atoms with E-state index < -0.39 is 21.2 Å². The number of sulfonamides is 1. The summed E-state index contributed by atoms with van der Waals surface area (Å²) < 4.78 is 47.2. The molecule has 10 heteroatoms. The predicted octanol–water partition coefficient (Wildman–Crippen LogP) is 5.52. The van der Waals surface area contributed by atoms with E-state index in [9.17, 15) is 13.2 Å². The van der Waals surface area contributed by atoms with Gasteiger partial charge in [0.25, 0.3) is 5.91 Å². The second-order valence-electron chi connectivity index (χ2n) is 13.0. The zero-order valence-corrected chi connectivity index (χ0v) is 27.3. The van der Waals surface area contributed by atoms with E-state index in [-0.39, 0.29) is 29.6 Å². The maximum atomic E-state index is 13.5. The largest absolute Gasteiger partial charge is 0.490 e. The minimum absolute atomic E-state index is 0.0722. The van der Waals surface area contributed by atoms with Crippen molar-refractivity contribution >= 4 is 33.2 Å². The molecular weight excluding hydrogens is 600 g/mol. The number of aryl methyl sites for hydroxylation is 1. The minimum atomic E-state index is -3.99. The zero-order chi connectivity index (χ0) is 31.1. The molecule has 0 aromatic heterocycles. The van der Waals surface area contributed by atoms with Crippen LogP contribution < -0.4 is 14.4 Å². The van der Waals surface area contributed by atoms with Crippen molar-refractivity contribution in [3.05, 3.63) is 70.3 Å². The maximum absolute atomic E-state index is 13.5. The number of hydrogen-bond acceptors (Lipinski definition) is 7. The second kappa shape index (κ2) is 12.7. The van der Waals surface area contributed by atoms with Gasteiger partial charge in [-0.1, -0.05) is 29.8 Å². The summed E-state index contributed by atoms with van der Waals surface area (Å²) in [4.78, 5) is 15.9. The van der Waals surface area contributed by atoms with Gasteiger partial charge in [0, 0.05) is 49.2 Å². The first kappa shape index (κ1) is 31.4. The highest BCUT2D eigenvalue weighted by molar-refractivity contribution is 7.90. The number of fused-ring (bicyclic) bond motifs is 4. The quantitative estimate of drug-likeness (QED) is 0.441. The third-order valence-corrected chi connectivity index (χ3v) is 12.5. The number of anilines is 1. The highest BCUT2D eigenvalue weighted by Gasteiger charge is 2.44. The molecule has 2 aromatic carbocycles. The third kappa shape index (κ3) is 6.00. The van der Waals surface area contributed by atoms with E-state index in [4.69, 9.17) is 25.8 Å². The lowest BCUT2D eigenvalue weighted by Gasteiger charge is -2.46. The summed E-state index contributed by atoms with van der Waals surface area (Å²) in [5.74, 6) is 0.454. The molecule has 1 N–H and O–H groups in total. The van der Waals surface area contributed by atoms with Crippen molar-refractivity contribution in [3.8, 4) is 5.75 Å². The Bertz CT molecular complexity index is 1530. The van der Waals surface area contributed by atoms with Crippen molar-refractivity contribution in [2.45, 2.75) is 62.2 Å². The lowest BCUT2D eigenvalue weighted by Crippen LogP contribution is -2.49. The Morgan fingerprint density at radius 2 is 2.00 bits per heavy atom. The second-order valence-corrected chi connectivity index (χ2v) is 15.5. The summed E-state index contributed by atoms with van der Waals surface area (Å²) in [5.41, 5.74) is 3.41. The Morgan fingerprint density at radius 3 is 2.75 bits per heavy atom. The standard InChI is InChI=1S/C34H43ClN2O6S/c1-22-26(19-41-2)6-4-8-31(42-3)28-12-9-25(28)18-37-20-34(15-5-7-23-16-27(35)11-13-29(23)34)21-43-32-14-10-24(17-30(32)37)33(38)36-44(22,39)40/h4,8,10-11,13-14,16-17,22,25-26,28,31H,5-7,9,12,15,18-21H2,1-3H3,(H,36,38)/b8-4+/t22-,25+,26-,28-,31+,34+/m1/s1. The van der Waals surface area contributed by atoms with Gasteiger partial charge in [0.1, 0.15) is 5.75 Å². The highest BCUT2D eigenvalue weighted by atomic mass is 35.5. The van der Waals surface area contributed by atoms with Crippen LogP contribution in [0.2, 0.25) is 5.02 Å². The lowest BCUT2D eigenvalue weighted by molar-refractivity contribution is 0.0131. The van der Waals surface area contributed by atoms with Crippen LogP contribution in [0.15, 0.2) is 48.6 Å². The van der Waals surface area contributed by atoms with Crippen molar-refractivity contribution < 1.29 is 27.4 Å². The first-order chi connectivity index (χ1) is 21.1. The van der Waals surface area contributed by atoms with Gasteiger partial charge in [-0.3, -0.25) is 4.79 Å². The van der Waals surface area contributed by atoms with E-state index in [0.29, 0.717) is 30.6 Å². The van der Waals surface area contributed by atoms with E-state index >= 15 is 0 Å². The number of allylic oxidation sites excluding steroid dienone is 1. The highest BCUT2D eigenvalue weighted by Crippen LogP contribution is 2.47. The number of benzene rings is 2. The molecule has 1 amide bonds. The number of amides is 1. The summed E-state index contributed by atoms with van der Waals surface area (Å²) in [7, 11) is -0.677. The first-order valence-corrected chi connectivity index (χ1v) is 17.6. The van der Waals surface area contributed by atoms with Gasteiger partial charge in [0.15, 0.2) is 0 Å². The smallest absolute Gasteiger partial charge is 0.264 e. The van der Waals surface area contributed by atoms with Gasteiger partial charge in [-0.2, -0.15) is 0 Å². The van der Waals surface area contributed by atoms with Gasteiger partial charge in [0.2, 0.25) is 10.0 Å². The molecule has 6 atom stereocenters. The molecule has 2 heterocycles. The number of nitrogens with one attached hydrogen (secondary N) is 1. The normalized spacial score (nSPS) is 32.3. The molecule has 2 bridgehead atoms. The van der Waals surface area contributed by atoms with Crippen LogP contribution in [0.25, 0.3) is 0 Å². The molecule has 44 heavy (non-hydrogen) atoms. The summed E-state index contributed by atoms with van der Waals surface area (Å²) >= 11 is 6.41. The third-order valence-electron chi connectivity index (χ3n) is 10.5. The Balaban J connectivity index is 1.42. The molecule has 238 valence electrons. The summed E-state index contributed by atoms with van der Waals surface area (Å²) in [6.45, 7) is 3.91. The van der Waals surface area contributed by atoms with E-state index in [2.05, 4.69) is 27.8 Å². The van der Waals surface area contributed by atoms with Crippen LogP contribution in [0.3, 0.4) is 0 Å². The molecule has 1 saturated carbocycles. The number of carbonyl (C=O) groups excluding carboxylic acids is 1. The van der Waals surface area contributed by atoms with Gasteiger partial charge < -0.3 is 19.1 Å². The first-order valence-electron chi connectivity index (χ1n) is 15.7. The van der Waals surface area contributed by atoms with Gasteiger partial charge in [0.05, 0.1) is 30.3 Å². The van der Waals surface area contributed by atoms with Crippen LogP contribution in [0.4, 0.5) is 5.69 Å². The lowest BCUT2D eigenvalue weighted by atomic mass is 9.68. The number of nitrogens with zero attached hydrogens (tertiary/aromatic N) is 1. The molecule has 1 spiro atoms. The minimum Gasteiger partial charge on any atom is -0.490 e. The average Bonchev–Trinajstić information content (AvgIpc) is 3.14. The van der Waals surface area contributed by atoms with Gasteiger partial charge in [-0.05, 0) is 98.7 Å². The molecule has 2 aliphatic heterocycles. The number of carbonyl (C=O) groups is 1. The van der Waals surface area contributed by atoms with Crippen LogP contribution in [-0.4, -0.2) is 66.2 Å². The molecule has 6 rings (SSSR count). The van der Waals surface area contributed by atoms with Gasteiger partial charge in [-0.15, -0.1) is 0 Å². The summed E-state index contributed by atoms with van der Waals surface area (Å²) in [6.07, 6.45) is 9.69. The fraction of sp³-hybridized carbons (Fsp3) is 0.559. The molecule has 4 aliphatic rings. The molecule has 8 nitrogen and oxygen atoms in total. The Labute approximate surface area is 266 Å². The maximum Gasteiger partial charge on any atom is 0.264 e. The number of halogens is 1. The number of methoxy groups -OCH3 is 2. The predicted molar refractivity (Wildman–Crippen MR) is 172 cm³/mol. The van der Waals surface area contributed by atoms with Crippen LogP contribution >= 0.6 is 11.6 Å². The topological polar surface area (TPSA) is 94.2 Å². The molecule has 2 aliphatic carbocycles.